The van der Waals surface area contributed by atoms with Gasteiger partial charge in [0.05, 0.1) is 5.56 Å². The maximum Gasteiger partial charge on any atom is 0.252 e. The molecule has 1 aliphatic heterocycles. The molecule has 94 valence electrons. The van der Waals surface area contributed by atoms with E-state index in [-0.39, 0.29) is 5.91 Å². The molecule has 0 atom stereocenters. The fourth-order valence-electron chi connectivity index (χ4n) is 2.02. The number of carbonyl (C=O) groups excluding carboxylic acids is 1. The Morgan fingerprint density at radius 3 is 2.71 bits per heavy atom. The first-order valence-corrected chi connectivity index (χ1v) is 5.91. The molecule has 1 fully saturated rings. The largest absolute Gasteiger partial charge is 0.355 e. The number of hydrogen-bond acceptors (Lipinski definition) is 2. The smallest absolute Gasteiger partial charge is 0.252 e. The molecule has 2 heterocycles. The number of hydrogen-bond donors (Lipinski definition) is 2. The second-order valence-electron chi connectivity index (χ2n) is 3.91. The molecule has 4 heteroatoms. The molecule has 0 unspecified atom stereocenters. The van der Waals surface area contributed by atoms with Gasteiger partial charge in [0.15, 0.2) is 0 Å². The van der Waals surface area contributed by atoms with Crippen LogP contribution < -0.4 is 10.6 Å². The molecule has 17 heavy (non-hydrogen) atoms. The van der Waals surface area contributed by atoms with Crippen LogP contribution in [0, 0.1) is 0 Å². The summed E-state index contributed by atoms with van der Waals surface area (Å²) in [5.41, 5.74) is 0.746. The highest BCUT2D eigenvalue weighted by molar-refractivity contribution is 5.93. The first-order chi connectivity index (χ1) is 8.31. The monoisotopic (exact) mass is 235 g/mol. The van der Waals surface area contributed by atoms with Gasteiger partial charge in [-0.1, -0.05) is 0 Å². The summed E-state index contributed by atoms with van der Waals surface area (Å²) in [4.78, 5) is 11.4. The first kappa shape index (κ1) is 13.5. The van der Waals surface area contributed by atoms with Gasteiger partial charge < -0.3 is 15.2 Å². The molecule has 4 nitrogen and oxygen atoms in total. The van der Waals surface area contributed by atoms with Crippen LogP contribution in [0.4, 0.5) is 0 Å². The number of carbonyl (C=O) groups is 1. The number of amides is 1. The van der Waals surface area contributed by atoms with Crippen LogP contribution in [0.3, 0.4) is 0 Å². The molecule has 2 N–H and O–H groups in total. The third kappa shape index (κ3) is 3.46. The molecule has 0 bridgehead atoms. The van der Waals surface area contributed by atoms with Crippen LogP contribution in [0.2, 0.25) is 0 Å². The zero-order valence-corrected chi connectivity index (χ0v) is 10.4. The number of nitrogens with zero attached hydrogens (tertiary/aromatic N) is 1. The highest BCUT2D eigenvalue weighted by Gasteiger charge is 2.15. The van der Waals surface area contributed by atoms with Crippen molar-refractivity contribution in [2.24, 2.45) is 0 Å². The van der Waals surface area contributed by atoms with Crippen LogP contribution in [0.5, 0.6) is 0 Å². The van der Waals surface area contributed by atoms with E-state index in [2.05, 4.69) is 28.4 Å². The number of nitrogens with one attached hydrogen (secondary N) is 2. The van der Waals surface area contributed by atoms with E-state index in [1.165, 1.54) is 0 Å². The van der Waals surface area contributed by atoms with Crippen molar-refractivity contribution in [1.29, 1.82) is 0 Å². The minimum absolute atomic E-state index is 0.0114. The van der Waals surface area contributed by atoms with Gasteiger partial charge in [0.2, 0.25) is 0 Å². The van der Waals surface area contributed by atoms with Crippen LogP contribution in [-0.4, -0.2) is 30.6 Å². The summed E-state index contributed by atoms with van der Waals surface area (Å²) in [5.74, 6) is -0.0114. The highest BCUT2D eigenvalue weighted by Crippen LogP contribution is 2.19. The Hall–Kier alpha value is -1.55. The molecule has 1 amide bonds. The normalized spacial score (nSPS) is 15.8. The van der Waals surface area contributed by atoms with Crippen molar-refractivity contribution in [3.05, 3.63) is 37.2 Å². The number of piperidine rings is 1. The van der Waals surface area contributed by atoms with Gasteiger partial charge in [0.1, 0.15) is 0 Å². The fraction of sp³-hybridized carbons (Fsp3) is 0.462. The van der Waals surface area contributed by atoms with Crippen molar-refractivity contribution in [3.8, 4) is 0 Å². The van der Waals surface area contributed by atoms with Gasteiger partial charge >= 0.3 is 0 Å². The maximum atomic E-state index is 11.4. The summed E-state index contributed by atoms with van der Waals surface area (Å²) in [6.45, 7) is 8.14. The Labute approximate surface area is 103 Å². The number of aromatic nitrogens is 1. The predicted octanol–water partition coefficient (Wildman–Crippen LogP) is 1.57. The van der Waals surface area contributed by atoms with E-state index >= 15 is 0 Å². The summed E-state index contributed by atoms with van der Waals surface area (Å²) in [6, 6.07) is 2.42. The summed E-state index contributed by atoms with van der Waals surface area (Å²) in [6.07, 6.45) is 6.22. The van der Waals surface area contributed by atoms with Crippen molar-refractivity contribution in [2.45, 2.75) is 18.9 Å². The van der Waals surface area contributed by atoms with Gasteiger partial charge in [-0.3, -0.25) is 4.79 Å². The summed E-state index contributed by atoms with van der Waals surface area (Å²) < 4.78 is 2.16. The standard InChI is InChI=1S/C11H17N3O.C2H4/c1-12-11(15)9-4-7-14(8-9)10-2-5-13-6-3-10;1-2/h4,7-8,10,13H,2-3,5-6H2,1H3,(H,12,15);1-2H2. The van der Waals surface area contributed by atoms with Crippen molar-refractivity contribution in [1.82, 2.24) is 15.2 Å². The molecule has 0 saturated carbocycles. The van der Waals surface area contributed by atoms with Crippen LogP contribution in [0.1, 0.15) is 29.2 Å². The van der Waals surface area contributed by atoms with Gasteiger partial charge in [-0.2, -0.15) is 0 Å². The topological polar surface area (TPSA) is 46.1 Å². The van der Waals surface area contributed by atoms with Crippen molar-refractivity contribution >= 4 is 5.91 Å². The second kappa shape index (κ2) is 6.91. The molecule has 0 radical (unpaired) electrons. The third-order valence-corrected chi connectivity index (χ3v) is 2.93. The van der Waals surface area contributed by atoms with Crippen molar-refractivity contribution < 1.29 is 4.79 Å². The van der Waals surface area contributed by atoms with Gasteiger partial charge in [-0.05, 0) is 32.0 Å². The van der Waals surface area contributed by atoms with Crippen molar-refractivity contribution in [3.63, 3.8) is 0 Å². The zero-order valence-electron chi connectivity index (χ0n) is 10.4. The van der Waals surface area contributed by atoms with E-state index in [9.17, 15) is 4.79 Å². The Balaban J connectivity index is 0.000000686. The summed E-state index contributed by atoms with van der Waals surface area (Å²) in [7, 11) is 1.66. The summed E-state index contributed by atoms with van der Waals surface area (Å²) >= 11 is 0. The lowest BCUT2D eigenvalue weighted by Crippen LogP contribution is -2.29. The lowest BCUT2D eigenvalue weighted by atomic mass is 10.1. The van der Waals surface area contributed by atoms with Gasteiger partial charge in [-0.15, -0.1) is 13.2 Å². The van der Waals surface area contributed by atoms with Gasteiger partial charge in [0.25, 0.3) is 5.91 Å². The molecule has 0 spiro atoms. The van der Waals surface area contributed by atoms with E-state index in [1.807, 2.05) is 18.5 Å². The van der Waals surface area contributed by atoms with E-state index in [0.717, 1.165) is 31.5 Å². The Bertz CT molecular complexity index is 353. The van der Waals surface area contributed by atoms with E-state index < -0.39 is 0 Å². The molecular formula is C13H21N3O. The average molecular weight is 235 g/mol. The summed E-state index contributed by atoms with van der Waals surface area (Å²) in [5, 5.41) is 5.97. The molecule has 1 aromatic heterocycles. The lowest BCUT2D eigenvalue weighted by molar-refractivity contribution is 0.0963. The fourth-order valence-corrected chi connectivity index (χ4v) is 2.02. The molecule has 1 aromatic rings. The lowest BCUT2D eigenvalue weighted by Gasteiger charge is -2.24. The number of rotatable bonds is 2. The van der Waals surface area contributed by atoms with Gasteiger partial charge in [0, 0.05) is 25.5 Å². The zero-order chi connectivity index (χ0) is 12.7. The predicted molar refractivity (Wildman–Crippen MR) is 70.2 cm³/mol. The molecule has 0 aromatic carbocycles. The van der Waals surface area contributed by atoms with E-state index in [0.29, 0.717) is 6.04 Å². The van der Waals surface area contributed by atoms with E-state index in [4.69, 9.17) is 0 Å². The quantitative estimate of drug-likeness (QED) is 0.764. The Kier molecular flexibility index (Phi) is 5.49. The van der Waals surface area contributed by atoms with E-state index in [1.54, 1.807) is 7.05 Å². The molecule has 1 aliphatic rings. The molecule has 1 saturated heterocycles. The molecule has 2 rings (SSSR count). The van der Waals surface area contributed by atoms with Crippen LogP contribution in [0.25, 0.3) is 0 Å². The Morgan fingerprint density at radius 1 is 1.47 bits per heavy atom. The van der Waals surface area contributed by atoms with Crippen LogP contribution in [-0.2, 0) is 0 Å². The molecule has 0 aliphatic carbocycles. The van der Waals surface area contributed by atoms with Crippen LogP contribution in [0.15, 0.2) is 31.6 Å². The minimum atomic E-state index is -0.0114. The van der Waals surface area contributed by atoms with Gasteiger partial charge in [-0.25, -0.2) is 0 Å². The second-order valence-corrected chi connectivity index (χ2v) is 3.91. The highest BCUT2D eigenvalue weighted by atomic mass is 16.1. The van der Waals surface area contributed by atoms with Crippen LogP contribution >= 0.6 is 0 Å². The van der Waals surface area contributed by atoms with Crippen molar-refractivity contribution in [2.75, 3.05) is 20.1 Å². The first-order valence-electron chi connectivity index (χ1n) is 5.91. The SMILES string of the molecule is C=C.CNC(=O)c1ccn(C2CCNCC2)c1. The Morgan fingerprint density at radius 2 is 2.12 bits per heavy atom. The maximum absolute atomic E-state index is 11.4. The molecular weight excluding hydrogens is 214 g/mol. The average Bonchev–Trinajstić information content (AvgIpc) is 2.91. The minimum Gasteiger partial charge on any atom is -0.355 e. The third-order valence-electron chi connectivity index (χ3n) is 2.93.